The molecular formula is C18H19NS2. The fourth-order valence-corrected chi connectivity index (χ4v) is 5.65. The number of thiophene rings is 2. The topological polar surface area (TPSA) is 12.0 Å². The van der Waals surface area contributed by atoms with Gasteiger partial charge in [-0.15, -0.1) is 22.7 Å². The van der Waals surface area contributed by atoms with E-state index < -0.39 is 0 Å². The van der Waals surface area contributed by atoms with Crippen LogP contribution < -0.4 is 5.32 Å². The summed E-state index contributed by atoms with van der Waals surface area (Å²) in [7, 11) is 2.11. The number of nitrogens with one attached hydrogen (secondary N) is 1. The molecule has 2 aromatic heterocycles. The van der Waals surface area contributed by atoms with E-state index in [1.807, 2.05) is 22.7 Å². The lowest BCUT2D eigenvalue weighted by Gasteiger charge is -2.31. The molecule has 0 saturated heterocycles. The van der Waals surface area contributed by atoms with Crippen molar-refractivity contribution in [1.29, 1.82) is 0 Å². The number of likely N-dealkylation sites (N-methyl/N-ethyl adjacent to an activating group) is 1. The fourth-order valence-electron chi connectivity index (χ4n) is 3.70. The fraction of sp³-hybridized carbons (Fsp3) is 0.333. The van der Waals surface area contributed by atoms with E-state index in [9.17, 15) is 0 Å². The molecule has 0 saturated carbocycles. The van der Waals surface area contributed by atoms with E-state index in [4.69, 9.17) is 0 Å². The lowest BCUT2D eigenvalue weighted by Crippen LogP contribution is -2.26. The van der Waals surface area contributed by atoms with Crippen molar-refractivity contribution in [3.8, 4) is 0 Å². The van der Waals surface area contributed by atoms with Crippen molar-refractivity contribution < 1.29 is 0 Å². The van der Waals surface area contributed by atoms with Crippen molar-refractivity contribution in [3.05, 3.63) is 57.1 Å². The summed E-state index contributed by atoms with van der Waals surface area (Å²) in [5.41, 5.74) is 3.05. The summed E-state index contributed by atoms with van der Waals surface area (Å²) in [6.07, 6.45) is 3.87. The molecule has 2 unspecified atom stereocenters. The second-order valence-electron chi connectivity index (χ2n) is 5.75. The van der Waals surface area contributed by atoms with Crippen molar-refractivity contribution in [2.75, 3.05) is 7.05 Å². The van der Waals surface area contributed by atoms with E-state index in [2.05, 4.69) is 53.5 Å². The molecule has 2 atom stereocenters. The van der Waals surface area contributed by atoms with Crippen LogP contribution in [0.5, 0.6) is 0 Å². The molecule has 0 spiro atoms. The van der Waals surface area contributed by atoms with Crippen LogP contribution in [0.15, 0.2) is 41.1 Å². The second kappa shape index (κ2) is 5.56. The highest BCUT2D eigenvalue weighted by Crippen LogP contribution is 2.44. The van der Waals surface area contributed by atoms with Gasteiger partial charge in [-0.3, -0.25) is 0 Å². The Morgan fingerprint density at radius 1 is 1.14 bits per heavy atom. The van der Waals surface area contributed by atoms with Gasteiger partial charge in [0.15, 0.2) is 0 Å². The Morgan fingerprint density at radius 2 is 2.05 bits per heavy atom. The molecule has 1 nitrogen and oxygen atoms in total. The summed E-state index contributed by atoms with van der Waals surface area (Å²) in [5, 5.41) is 9.46. The Kier molecular flexibility index (Phi) is 3.57. The minimum Gasteiger partial charge on any atom is -0.312 e. The first-order valence-corrected chi connectivity index (χ1v) is 9.34. The number of hydrogen-bond acceptors (Lipinski definition) is 3. The van der Waals surface area contributed by atoms with Gasteiger partial charge in [-0.2, -0.15) is 0 Å². The molecule has 21 heavy (non-hydrogen) atoms. The molecule has 1 aromatic carbocycles. The zero-order valence-electron chi connectivity index (χ0n) is 12.1. The van der Waals surface area contributed by atoms with Crippen LogP contribution in [0.2, 0.25) is 0 Å². The molecule has 2 heterocycles. The number of hydrogen-bond donors (Lipinski definition) is 1. The third-order valence-corrected chi connectivity index (χ3v) is 6.63. The van der Waals surface area contributed by atoms with Crippen LogP contribution in [-0.4, -0.2) is 7.05 Å². The van der Waals surface area contributed by atoms with Gasteiger partial charge >= 0.3 is 0 Å². The quantitative estimate of drug-likeness (QED) is 0.688. The van der Waals surface area contributed by atoms with Gasteiger partial charge in [-0.05, 0) is 65.7 Å². The van der Waals surface area contributed by atoms with Crippen molar-refractivity contribution in [2.24, 2.45) is 0 Å². The van der Waals surface area contributed by atoms with Gasteiger partial charge in [0.05, 0.1) is 0 Å². The highest BCUT2D eigenvalue weighted by Gasteiger charge is 2.29. The SMILES string of the molecule is CNC(c1cccc2ccsc12)C1CCCc2sccc21. The predicted molar refractivity (Wildman–Crippen MR) is 93.6 cm³/mol. The first kappa shape index (κ1) is 13.5. The Balaban J connectivity index is 1.81. The maximum atomic E-state index is 3.61. The highest BCUT2D eigenvalue weighted by molar-refractivity contribution is 7.17. The second-order valence-corrected chi connectivity index (χ2v) is 7.67. The molecular weight excluding hydrogens is 294 g/mol. The van der Waals surface area contributed by atoms with Crippen LogP contribution in [0.25, 0.3) is 10.1 Å². The van der Waals surface area contributed by atoms with Crippen molar-refractivity contribution >= 4 is 32.8 Å². The molecule has 0 radical (unpaired) electrons. The summed E-state index contributed by atoms with van der Waals surface area (Å²) in [4.78, 5) is 1.60. The molecule has 0 amide bonds. The van der Waals surface area contributed by atoms with Crippen LogP contribution in [0.3, 0.4) is 0 Å². The van der Waals surface area contributed by atoms with Gasteiger partial charge in [0.25, 0.3) is 0 Å². The van der Waals surface area contributed by atoms with Crippen LogP contribution >= 0.6 is 22.7 Å². The van der Waals surface area contributed by atoms with E-state index in [-0.39, 0.29) is 0 Å². The summed E-state index contributed by atoms with van der Waals surface area (Å²) < 4.78 is 1.44. The molecule has 1 aliphatic rings. The highest BCUT2D eigenvalue weighted by atomic mass is 32.1. The predicted octanol–water partition coefficient (Wildman–Crippen LogP) is 5.34. The molecule has 108 valence electrons. The molecule has 4 rings (SSSR count). The van der Waals surface area contributed by atoms with Gasteiger partial charge in [0.2, 0.25) is 0 Å². The van der Waals surface area contributed by atoms with E-state index in [0.717, 1.165) is 0 Å². The zero-order valence-corrected chi connectivity index (χ0v) is 13.8. The smallest absolute Gasteiger partial charge is 0.0401 e. The average Bonchev–Trinajstić information content (AvgIpc) is 3.17. The molecule has 0 bridgehead atoms. The van der Waals surface area contributed by atoms with Crippen LogP contribution in [0.1, 0.15) is 40.8 Å². The molecule has 3 heteroatoms. The number of aryl methyl sites for hydroxylation is 1. The average molecular weight is 313 g/mol. The lowest BCUT2D eigenvalue weighted by molar-refractivity contribution is 0.430. The largest absolute Gasteiger partial charge is 0.312 e. The number of rotatable bonds is 3. The maximum absolute atomic E-state index is 3.61. The Hall–Kier alpha value is -1.16. The number of benzene rings is 1. The third-order valence-electron chi connectivity index (χ3n) is 4.66. The first-order chi connectivity index (χ1) is 10.4. The Labute approximate surface area is 133 Å². The van der Waals surface area contributed by atoms with E-state index in [1.54, 1.807) is 10.4 Å². The van der Waals surface area contributed by atoms with Gasteiger partial charge in [0.1, 0.15) is 0 Å². The normalized spacial score (nSPS) is 19.6. The Morgan fingerprint density at radius 3 is 2.95 bits per heavy atom. The monoisotopic (exact) mass is 313 g/mol. The van der Waals surface area contributed by atoms with Crippen LogP contribution in [-0.2, 0) is 6.42 Å². The Bertz CT molecular complexity index is 755. The van der Waals surface area contributed by atoms with E-state index in [0.29, 0.717) is 12.0 Å². The standard InChI is InChI=1S/C18H19NS2/c1-19-17(14-5-3-7-16-13(14)9-11-20-16)15-6-2-4-12-8-10-21-18(12)15/h2,4,6,8-11,14,17,19H,3,5,7H2,1H3. The molecule has 1 N–H and O–H groups in total. The maximum Gasteiger partial charge on any atom is 0.0401 e. The van der Waals surface area contributed by atoms with Crippen molar-refractivity contribution in [1.82, 2.24) is 5.32 Å². The molecule has 0 aliphatic heterocycles. The number of fused-ring (bicyclic) bond motifs is 2. The van der Waals surface area contributed by atoms with E-state index >= 15 is 0 Å². The zero-order chi connectivity index (χ0) is 14.2. The molecule has 3 aromatic rings. The van der Waals surface area contributed by atoms with E-state index in [1.165, 1.54) is 34.9 Å². The van der Waals surface area contributed by atoms with Crippen molar-refractivity contribution in [2.45, 2.75) is 31.2 Å². The van der Waals surface area contributed by atoms with Crippen molar-refractivity contribution in [3.63, 3.8) is 0 Å². The van der Waals surface area contributed by atoms with Gasteiger partial charge in [-0.1, -0.05) is 18.2 Å². The van der Waals surface area contributed by atoms with Crippen LogP contribution in [0, 0.1) is 0 Å². The summed E-state index contributed by atoms with van der Waals surface area (Å²) in [6, 6.07) is 11.7. The summed E-state index contributed by atoms with van der Waals surface area (Å²) >= 11 is 3.80. The summed E-state index contributed by atoms with van der Waals surface area (Å²) in [5.74, 6) is 0.609. The molecule has 0 fully saturated rings. The first-order valence-electron chi connectivity index (χ1n) is 7.58. The summed E-state index contributed by atoms with van der Waals surface area (Å²) in [6.45, 7) is 0. The van der Waals surface area contributed by atoms with Gasteiger partial charge in [-0.25, -0.2) is 0 Å². The third kappa shape index (κ3) is 2.24. The molecule has 1 aliphatic carbocycles. The van der Waals surface area contributed by atoms with Gasteiger partial charge < -0.3 is 5.32 Å². The minimum atomic E-state index is 0.418. The van der Waals surface area contributed by atoms with Crippen LogP contribution in [0.4, 0.5) is 0 Å². The minimum absolute atomic E-state index is 0.418. The lowest BCUT2D eigenvalue weighted by atomic mass is 9.80. The van der Waals surface area contributed by atoms with Gasteiger partial charge in [0, 0.05) is 21.5 Å².